The van der Waals surface area contributed by atoms with Crippen molar-refractivity contribution < 1.29 is 29.3 Å². The van der Waals surface area contributed by atoms with E-state index in [0.717, 1.165) is 74.4 Å². The van der Waals surface area contributed by atoms with Gasteiger partial charge >= 0.3 is 5.97 Å². The van der Waals surface area contributed by atoms with Gasteiger partial charge in [-0.3, -0.25) is 19.4 Å². The molecule has 0 aromatic carbocycles. The number of rotatable bonds is 7. The van der Waals surface area contributed by atoms with Crippen molar-refractivity contribution in [2.45, 2.75) is 87.0 Å². The maximum atomic E-state index is 13.4. The maximum absolute atomic E-state index is 13.4. The topological polar surface area (TPSA) is 161 Å². The van der Waals surface area contributed by atoms with Crippen molar-refractivity contribution >= 4 is 51.6 Å². The number of hydrogen-bond donors (Lipinski definition) is 4. The van der Waals surface area contributed by atoms with E-state index in [4.69, 9.17) is 29.7 Å². The zero-order valence-corrected chi connectivity index (χ0v) is 30.5. The lowest BCUT2D eigenvalue weighted by Gasteiger charge is -2.17. The van der Waals surface area contributed by atoms with Gasteiger partial charge in [-0.1, -0.05) is 20.8 Å². The SMILES string of the molecule is CCC(=O)O.CCc1c(C)c2cc3[nH]c(cc4nc(c(CC(=O)N(C)CCOC)c5nc(cc1[nH]2)C(C)=C5C)CC4C)c(C)c3C.O=CO. The van der Waals surface area contributed by atoms with Crippen molar-refractivity contribution in [3.63, 3.8) is 0 Å². The first-order valence-corrected chi connectivity index (χ1v) is 16.6. The number of aromatic amines is 2. The summed E-state index contributed by atoms with van der Waals surface area (Å²) in [6.07, 6.45) is 2.17. The van der Waals surface area contributed by atoms with Gasteiger partial charge in [0, 0.05) is 72.1 Å². The summed E-state index contributed by atoms with van der Waals surface area (Å²) < 4.78 is 5.22. The normalized spacial score (nSPS) is 13.6. The minimum atomic E-state index is -0.745. The number of carboxylic acid groups (broad SMARTS) is 2. The van der Waals surface area contributed by atoms with Gasteiger partial charge in [0.1, 0.15) is 0 Å². The maximum Gasteiger partial charge on any atom is 0.303 e. The van der Waals surface area contributed by atoms with Crippen LogP contribution in [0.4, 0.5) is 0 Å². The number of ether oxygens (including phenoxy) is 1. The van der Waals surface area contributed by atoms with Gasteiger partial charge in [0.05, 0.1) is 24.4 Å². The largest absolute Gasteiger partial charge is 0.483 e. The van der Waals surface area contributed by atoms with Crippen LogP contribution in [0.3, 0.4) is 0 Å². The number of fused-ring (bicyclic) bond motifs is 8. The molecule has 49 heavy (non-hydrogen) atoms. The summed E-state index contributed by atoms with van der Waals surface area (Å²) in [6.45, 7) is 17.6. The Morgan fingerprint density at radius 1 is 0.939 bits per heavy atom. The van der Waals surface area contributed by atoms with Crippen LogP contribution in [0.25, 0.3) is 33.2 Å². The standard InChI is InChI=1S/C34H43N5O2.C3H6O2.CH2O2/c1-10-24-23(7)30-16-28-20(4)19(3)27(36-28)15-26-18(2)13-31(35-26)25(14-33(40)39(8)11-12-41-9)34-22(6)21(5)29(38-34)17-32(24)37-30;1-2-3(4)5;2-1-3/h15-18,36-37H,10-14H2,1-9H3;2H2,1H3,(H,4,5);1H,(H,2,3). The average molecular weight is 674 g/mol. The third-order valence-corrected chi connectivity index (χ3v) is 9.43. The molecule has 3 aromatic rings. The highest BCUT2D eigenvalue weighted by atomic mass is 16.5. The van der Waals surface area contributed by atoms with E-state index in [2.05, 4.69) is 76.6 Å². The molecular formula is C38H51N5O6. The van der Waals surface area contributed by atoms with E-state index in [1.807, 2.05) is 7.05 Å². The van der Waals surface area contributed by atoms with E-state index in [1.54, 1.807) is 18.9 Å². The molecule has 0 saturated carbocycles. The first-order chi connectivity index (χ1) is 23.2. The zero-order valence-electron chi connectivity index (χ0n) is 30.5. The molecular weight excluding hydrogens is 622 g/mol. The van der Waals surface area contributed by atoms with Crippen LogP contribution in [0.5, 0.6) is 0 Å². The molecule has 0 fully saturated rings. The molecule has 5 heterocycles. The molecule has 1 unspecified atom stereocenters. The van der Waals surface area contributed by atoms with Gasteiger partial charge in [0.25, 0.3) is 6.47 Å². The minimum Gasteiger partial charge on any atom is -0.483 e. The van der Waals surface area contributed by atoms with Crippen molar-refractivity contribution in [1.29, 1.82) is 0 Å². The number of aromatic nitrogens is 4. The molecule has 1 amide bonds. The molecule has 8 bridgehead atoms. The van der Waals surface area contributed by atoms with Gasteiger partial charge in [-0.2, -0.15) is 0 Å². The van der Waals surface area contributed by atoms with E-state index >= 15 is 0 Å². The van der Waals surface area contributed by atoms with Gasteiger partial charge in [-0.05, 0) is 99.1 Å². The number of nitrogens with zero attached hydrogens (tertiary/aromatic N) is 3. The molecule has 5 rings (SSSR count). The Balaban J connectivity index is 0.000000734. The van der Waals surface area contributed by atoms with Gasteiger partial charge in [-0.15, -0.1) is 0 Å². The Bertz CT molecular complexity index is 1900. The van der Waals surface area contributed by atoms with Gasteiger partial charge in [0.2, 0.25) is 5.91 Å². The lowest BCUT2D eigenvalue weighted by atomic mass is 9.97. The fourth-order valence-corrected chi connectivity index (χ4v) is 5.98. The van der Waals surface area contributed by atoms with Crippen molar-refractivity contribution in [1.82, 2.24) is 24.8 Å². The minimum absolute atomic E-state index is 0.0405. The third-order valence-electron chi connectivity index (χ3n) is 9.43. The molecule has 0 saturated heterocycles. The highest BCUT2D eigenvalue weighted by Crippen LogP contribution is 2.36. The zero-order chi connectivity index (χ0) is 36.6. The third kappa shape index (κ3) is 8.83. The Hall–Kier alpha value is -4.77. The summed E-state index contributed by atoms with van der Waals surface area (Å²) in [5.74, 6) is -0.474. The molecule has 3 aromatic heterocycles. The summed E-state index contributed by atoms with van der Waals surface area (Å²) in [5.41, 5.74) is 16.3. The number of carbonyl (C=O) groups excluding carboxylic acids is 1. The van der Waals surface area contributed by atoms with Crippen LogP contribution >= 0.6 is 0 Å². The van der Waals surface area contributed by atoms with E-state index in [1.165, 1.54) is 22.3 Å². The molecule has 2 aliphatic rings. The molecule has 11 heteroatoms. The number of amides is 1. The molecule has 0 radical (unpaired) electrons. The van der Waals surface area contributed by atoms with Crippen LogP contribution in [0.2, 0.25) is 0 Å². The average Bonchev–Trinajstić information content (AvgIpc) is 3.75. The predicted molar refractivity (Wildman–Crippen MR) is 195 cm³/mol. The highest BCUT2D eigenvalue weighted by molar-refractivity contribution is 5.93. The second-order valence-electron chi connectivity index (χ2n) is 12.5. The first-order valence-electron chi connectivity index (χ1n) is 16.6. The first kappa shape index (κ1) is 38.7. The molecule has 4 N–H and O–H groups in total. The van der Waals surface area contributed by atoms with E-state index < -0.39 is 5.97 Å². The van der Waals surface area contributed by atoms with Crippen LogP contribution in [-0.4, -0.2) is 80.7 Å². The number of hydrogen-bond acceptors (Lipinski definition) is 6. The molecule has 2 aliphatic heterocycles. The number of likely N-dealkylation sites (N-methyl/N-ethyl adjacent to an activating group) is 1. The number of aliphatic carboxylic acids is 1. The van der Waals surface area contributed by atoms with Gasteiger partial charge < -0.3 is 29.8 Å². The van der Waals surface area contributed by atoms with Crippen LogP contribution in [0.15, 0.2) is 18.2 Å². The molecule has 264 valence electrons. The van der Waals surface area contributed by atoms with E-state index in [-0.39, 0.29) is 31.1 Å². The Morgan fingerprint density at radius 2 is 1.51 bits per heavy atom. The van der Waals surface area contributed by atoms with Gasteiger partial charge in [-0.25, -0.2) is 4.98 Å². The summed E-state index contributed by atoms with van der Waals surface area (Å²) in [5, 5.41) is 14.6. The molecule has 0 aliphatic carbocycles. The second kappa shape index (κ2) is 17.1. The smallest absolute Gasteiger partial charge is 0.303 e. The number of carboxylic acids is 1. The second-order valence-corrected chi connectivity index (χ2v) is 12.5. The van der Waals surface area contributed by atoms with Crippen molar-refractivity contribution in [2.75, 3.05) is 27.3 Å². The van der Waals surface area contributed by atoms with Crippen molar-refractivity contribution in [2.24, 2.45) is 0 Å². The predicted octanol–water partition coefficient (Wildman–Crippen LogP) is 6.93. The summed E-state index contributed by atoms with van der Waals surface area (Å²) >= 11 is 0. The summed E-state index contributed by atoms with van der Waals surface area (Å²) in [7, 11) is 3.49. The Kier molecular flexibility index (Phi) is 13.5. The number of aryl methyl sites for hydroxylation is 4. The number of nitrogens with one attached hydrogen (secondary N) is 2. The lowest BCUT2D eigenvalue weighted by molar-refractivity contribution is -0.136. The van der Waals surface area contributed by atoms with E-state index in [0.29, 0.717) is 13.2 Å². The van der Waals surface area contributed by atoms with Crippen LogP contribution in [0, 0.1) is 20.8 Å². The number of allylic oxidation sites excluding steroid dienone is 2. The number of methoxy groups -OCH3 is 1. The quantitative estimate of drug-likeness (QED) is 0.196. The monoisotopic (exact) mass is 673 g/mol. The summed E-state index contributed by atoms with van der Waals surface area (Å²) in [4.78, 5) is 50.7. The fourth-order valence-electron chi connectivity index (χ4n) is 5.98. The Morgan fingerprint density at radius 3 is 2.08 bits per heavy atom. The van der Waals surface area contributed by atoms with Crippen LogP contribution in [0.1, 0.15) is 97.6 Å². The summed E-state index contributed by atoms with van der Waals surface area (Å²) in [6, 6.07) is 6.59. The van der Waals surface area contributed by atoms with Crippen molar-refractivity contribution in [3.05, 3.63) is 68.8 Å². The number of carbonyl (C=O) groups is 3. The molecule has 11 nitrogen and oxygen atoms in total. The Labute approximate surface area is 288 Å². The molecule has 1 atom stereocenters. The van der Waals surface area contributed by atoms with Crippen molar-refractivity contribution in [3.8, 4) is 0 Å². The van der Waals surface area contributed by atoms with Crippen LogP contribution in [-0.2, 0) is 38.4 Å². The van der Waals surface area contributed by atoms with Gasteiger partial charge in [0.15, 0.2) is 0 Å². The lowest BCUT2D eigenvalue weighted by Crippen LogP contribution is -2.31. The molecule has 0 spiro atoms. The van der Waals surface area contributed by atoms with E-state index in [9.17, 15) is 9.59 Å². The highest BCUT2D eigenvalue weighted by Gasteiger charge is 2.26. The fraction of sp³-hybridized carbons (Fsp3) is 0.447. The van der Waals surface area contributed by atoms with Crippen LogP contribution < -0.4 is 0 Å². The number of H-pyrrole nitrogens is 2.